The minimum absolute atomic E-state index is 0.153. The van der Waals surface area contributed by atoms with Crippen LogP contribution in [0, 0.1) is 6.92 Å². The van der Waals surface area contributed by atoms with Gasteiger partial charge in [0.2, 0.25) is 0 Å². The highest BCUT2D eigenvalue weighted by atomic mass is 32.1. The van der Waals surface area contributed by atoms with Crippen LogP contribution in [-0.4, -0.2) is 29.0 Å². The highest BCUT2D eigenvalue weighted by Crippen LogP contribution is 2.25. The van der Waals surface area contributed by atoms with E-state index in [1.54, 1.807) is 5.38 Å². The molecule has 1 saturated heterocycles. The van der Waals surface area contributed by atoms with Gasteiger partial charge in [-0.3, -0.25) is 4.79 Å². The van der Waals surface area contributed by atoms with Crippen LogP contribution < -0.4 is 10.2 Å². The molecule has 0 atom stereocenters. The monoisotopic (exact) mass is 378 g/mol. The predicted molar refractivity (Wildman–Crippen MR) is 109 cm³/mol. The molecule has 0 spiro atoms. The first-order valence-electron chi connectivity index (χ1n) is 9.20. The molecule has 6 heteroatoms. The van der Waals surface area contributed by atoms with E-state index in [0.717, 1.165) is 35.0 Å². The number of carbonyl (C=O) groups is 1. The van der Waals surface area contributed by atoms with Crippen molar-refractivity contribution in [3.63, 3.8) is 0 Å². The maximum Gasteiger partial charge on any atom is 0.271 e. The lowest BCUT2D eigenvalue weighted by Gasteiger charge is -2.15. The number of aryl methyl sites for hydroxylation is 1. The van der Waals surface area contributed by atoms with E-state index in [2.05, 4.69) is 20.2 Å². The van der Waals surface area contributed by atoms with Crippen LogP contribution in [0.4, 0.5) is 5.82 Å². The smallest absolute Gasteiger partial charge is 0.271 e. The SMILES string of the molecule is Cc1ccc(CNC(=O)c2csc(-c3ccc(N4CCCC4)nc3)n2)cc1. The first-order valence-corrected chi connectivity index (χ1v) is 10.1. The lowest BCUT2D eigenvalue weighted by Crippen LogP contribution is -2.23. The van der Waals surface area contributed by atoms with E-state index in [-0.39, 0.29) is 5.91 Å². The normalized spacial score (nSPS) is 13.7. The molecule has 3 heterocycles. The maximum absolute atomic E-state index is 12.4. The zero-order valence-corrected chi connectivity index (χ0v) is 16.1. The number of nitrogens with one attached hydrogen (secondary N) is 1. The summed E-state index contributed by atoms with van der Waals surface area (Å²) in [4.78, 5) is 23.7. The molecular weight excluding hydrogens is 356 g/mol. The second-order valence-corrected chi connectivity index (χ2v) is 7.66. The van der Waals surface area contributed by atoms with Gasteiger partial charge >= 0.3 is 0 Å². The Kier molecular flexibility index (Phi) is 5.16. The van der Waals surface area contributed by atoms with Gasteiger partial charge in [-0.2, -0.15) is 0 Å². The van der Waals surface area contributed by atoms with Crippen molar-refractivity contribution < 1.29 is 4.79 Å². The number of rotatable bonds is 5. The summed E-state index contributed by atoms with van der Waals surface area (Å²) >= 11 is 1.47. The molecule has 138 valence electrons. The summed E-state index contributed by atoms with van der Waals surface area (Å²) in [6, 6.07) is 12.2. The highest BCUT2D eigenvalue weighted by Gasteiger charge is 2.15. The summed E-state index contributed by atoms with van der Waals surface area (Å²) in [5.74, 6) is 0.864. The fourth-order valence-corrected chi connectivity index (χ4v) is 3.93. The van der Waals surface area contributed by atoms with Gasteiger partial charge in [0.1, 0.15) is 16.5 Å². The molecule has 27 heavy (non-hydrogen) atoms. The average Bonchev–Trinajstić information content (AvgIpc) is 3.40. The summed E-state index contributed by atoms with van der Waals surface area (Å²) in [5, 5.41) is 5.54. The first-order chi connectivity index (χ1) is 13.2. The summed E-state index contributed by atoms with van der Waals surface area (Å²) in [6.07, 6.45) is 4.31. The third kappa shape index (κ3) is 4.17. The fourth-order valence-electron chi connectivity index (χ4n) is 3.14. The number of hydrogen-bond acceptors (Lipinski definition) is 5. The molecular formula is C21H22N4OS. The molecule has 1 N–H and O–H groups in total. The van der Waals surface area contributed by atoms with Gasteiger partial charge in [0.15, 0.2) is 0 Å². The van der Waals surface area contributed by atoms with Gasteiger partial charge in [-0.25, -0.2) is 9.97 Å². The van der Waals surface area contributed by atoms with E-state index in [9.17, 15) is 4.79 Å². The van der Waals surface area contributed by atoms with Gasteiger partial charge in [-0.15, -0.1) is 11.3 Å². The third-order valence-corrected chi connectivity index (χ3v) is 5.63. The van der Waals surface area contributed by atoms with Gasteiger partial charge in [-0.1, -0.05) is 29.8 Å². The molecule has 1 aromatic carbocycles. The van der Waals surface area contributed by atoms with Gasteiger partial charge in [-0.05, 0) is 37.5 Å². The van der Waals surface area contributed by atoms with Crippen LogP contribution in [0.2, 0.25) is 0 Å². The molecule has 0 aliphatic carbocycles. The maximum atomic E-state index is 12.4. The second-order valence-electron chi connectivity index (χ2n) is 6.81. The fraction of sp³-hybridized carbons (Fsp3) is 0.286. The Morgan fingerprint density at radius 3 is 2.63 bits per heavy atom. The van der Waals surface area contributed by atoms with Gasteiger partial charge in [0, 0.05) is 36.8 Å². The molecule has 4 rings (SSSR count). The van der Waals surface area contributed by atoms with Crippen molar-refractivity contribution in [1.29, 1.82) is 0 Å². The number of hydrogen-bond donors (Lipinski definition) is 1. The number of anilines is 1. The minimum atomic E-state index is -0.153. The Morgan fingerprint density at radius 1 is 1.15 bits per heavy atom. The second kappa shape index (κ2) is 7.88. The van der Waals surface area contributed by atoms with E-state index in [0.29, 0.717) is 12.2 Å². The zero-order chi connectivity index (χ0) is 18.6. The third-order valence-electron chi connectivity index (χ3n) is 4.74. The quantitative estimate of drug-likeness (QED) is 0.728. The summed E-state index contributed by atoms with van der Waals surface area (Å²) in [5.41, 5.74) is 3.68. The number of thiazole rings is 1. The van der Waals surface area contributed by atoms with E-state index in [4.69, 9.17) is 0 Å². The number of nitrogens with zero attached hydrogens (tertiary/aromatic N) is 3. The Balaban J connectivity index is 1.40. The molecule has 2 aromatic heterocycles. The number of benzene rings is 1. The largest absolute Gasteiger partial charge is 0.357 e. The Labute approximate surface area is 163 Å². The van der Waals surface area contributed by atoms with Crippen LogP contribution >= 0.6 is 11.3 Å². The van der Waals surface area contributed by atoms with Crippen molar-refractivity contribution in [2.45, 2.75) is 26.3 Å². The molecule has 1 fully saturated rings. The topological polar surface area (TPSA) is 58.1 Å². The lowest BCUT2D eigenvalue weighted by molar-refractivity contribution is 0.0946. The Bertz CT molecular complexity index is 912. The average molecular weight is 379 g/mol. The van der Waals surface area contributed by atoms with Gasteiger partial charge < -0.3 is 10.2 Å². The molecule has 1 amide bonds. The summed E-state index contributed by atoms with van der Waals surface area (Å²) in [7, 11) is 0. The van der Waals surface area contributed by atoms with Gasteiger partial charge in [0.05, 0.1) is 0 Å². The van der Waals surface area contributed by atoms with E-state index in [1.165, 1.54) is 29.7 Å². The molecule has 0 saturated carbocycles. The molecule has 0 unspecified atom stereocenters. The summed E-state index contributed by atoms with van der Waals surface area (Å²) in [6.45, 7) is 4.70. The summed E-state index contributed by atoms with van der Waals surface area (Å²) < 4.78 is 0. The number of amides is 1. The lowest BCUT2D eigenvalue weighted by atomic mass is 10.1. The molecule has 3 aromatic rings. The Hall–Kier alpha value is -2.73. The van der Waals surface area contributed by atoms with E-state index >= 15 is 0 Å². The van der Waals surface area contributed by atoms with Crippen LogP contribution in [0.3, 0.4) is 0 Å². The van der Waals surface area contributed by atoms with E-state index in [1.807, 2.05) is 49.5 Å². The minimum Gasteiger partial charge on any atom is -0.357 e. The van der Waals surface area contributed by atoms with Crippen molar-refractivity contribution >= 4 is 23.1 Å². The van der Waals surface area contributed by atoms with Gasteiger partial charge in [0.25, 0.3) is 5.91 Å². The molecule has 1 aliphatic heterocycles. The molecule has 5 nitrogen and oxygen atoms in total. The van der Waals surface area contributed by atoms with Crippen LogP contribution in [-0.2, 0) is 6.54 Å². The number of pyridine rings is 1. The van der Waals surface area contributed by atoms with Crippen LogP contribution in [0.15, 0.2) is 48.0 Å². The van der Waals surface area contributed by atoms with E-state index < -0.39 is 0 Å². The van der Waals surface area contributed by atoms with Crippen LogP contribution in [0.25, 0.3) is 10.6 Å². The highest BCUT2D eigenvalue weighted by molar-refractivity contribution is 7.13. The molecule has 0 bridgehead atoms. The Morgan fingerprint density at radius 2 is 1.93 bits per heavy atom. The molecule has 0 radical (unpaired) electrons. The van der Waals surface area contributed by atoms with Crippen molar-refractivity contribution in [1.82, 2.24) is 15.3 Å². The number of carbonyl (C=O) groups excluding carboxylic acids is 1. The van der Waals surface area contributed by atoms with Crippen LogP contribution in [0.5, 0.6) is 0 Å². The zero-order valence-electron chi connectivity index (χ0n) is 15.3. The van der Waals surface area contributed by atoms with Crippen molar-refractivity contribution in [2.75, 3.05) is 18.0 Å². The number of aromatic nitrogens is 2. The van der Waals surface area contributed by atoms with Crippen molar-refractivity contribution in [2.24, 2.45) is 0 Å². The van der Waals surface area contributed by atoms with Crippen molar-refractivity contribution in [3.8, 4) is 10.6 Å². The van der Waals surface area contributed by atoms with Crippen molar-refractivity contribution in [3.05, 3.63) is 64.8 Å². The molecule has 1 aliphatic rings. The standard InChI is InChI=1S/C21H22N4OS/c1-15-4-6-16(7-5-15)12-23-20(26)18-14-27-21(24-18)17-8-9-19(22-13-17)25-10-2-3-11-25/h4-9,13-14H,2-3,10-12H2,1H3,(H,23,26). The first kappa shape index (κ1) is 17.7. The van der Waals surface area contributed by atoms with Crippen LogP contribution in [0.1, 0.15) is 34.5 Å². The predicted octanol–water partition coefficient (Wildman–Crippen LogP) is 4.04.